The average Bonchev–Trinajstić information content (AvgIpc) is 2.31. The quantitative estimate of drug-likeness (QED) is 0.609. The van der Waals surface area contributed by atoms with Crippen molar-refractivity contribution >= 4 is 0 Å². The molecule has 1 atom stereocenters. The van der Waals surface area contributed by atoms with Gasteiger partial charge in [0.25, 0.3) is 0 Å². The molecule has 0 aliphatic heterocycles. The normalized spacial score (nSPS) is 13.1. The molecule has 102 valence electrons. The molecule has 0 spiro atoms. The predicted octanol–water partition coefficient (Wildman–Crippen LogP) is 2.60. The van der Waals surface area contributed by atoms with Gasteiger partial charge in [-0.05, 0) is 36.6 Å². The van der Waals surface area contributed by atoms with Crippen LogP contribution in [0.2, 0.25) is 0 Å². The van der Waals surface area contributed by atoms with Crippen molar-refractivity contribution in [2.45, 2.75) is 32.9 Å². The van der Waals surface area contributed by atoms with Crippen LogP contribution in [-0.4, -0.2) is 17.8 Å². The molecular formula is C13H18F3NO. The van der Waals surface area contributed by atoms with Gasteiger partial charge in [-0.25, -0.2) is 13.2 Å². The van der Waals surface area contributed by atoms with Crippen LogP contribution >= 0.6 is 0 Å². The monoisotopic (exact) mass is 261 g/mol. The molecule has 2 nitrogen and oxygen atoms in total. The highest BCUT2D eigenvalue weighted by molar-refractivity contribution is 5.19. The summed E-state index contributed by atoms with van der Waals surface area (Å²) in [7, 11) is 0. The molecule has 0 saturated heterocycles. The van der Waals surface area contributed by atoms with Gasteiger partial charge in [0, 0.05) is 6.54 Å². The molecule has 1 unspecified atom stereocenters. The van der Waals surface area contributed by atoms with Gasteiger partial charge in [-0.1, -0.05) is 13.8 Å². The first kappa shape index (κ1) is 15.0. The van der Waals surface area contributed by atoms with Crippen LogP contribution in [0.3, 0.4) is 0 Å². The van der Waals surface area contributed by atoms with Crippen LogP contribution in [0.1, 0.15) is 25.8 Å². The number of hydrogen-bond acceptors (Lipinski definition) is 2. The van der Waals surface area contributed by atoms with E-state index in [-0.39, 0.29) is 12.5 Å². The first-order chi connectivity index (χ1) is 8.41. The third-order valence-electron chi connectivity index (χ3n) is 2.76. The summed E-state index contributed by atoms with van der Waals surface area (Å²) >= 11 is 0. The lowest BCUT2D eigenvalue weighted by molar-refractivity contribution is 0.116. The third-order valence-corrected chi connectivity index (χ3v) is 2.76. The Morgan fingerprint density at radius 1 is 1.17 bits per heavy atom. The molecule has 2 N–H and O–H groups in total. The lowest BCUT2D eigenvalue weighted by atomic mass is 10.0. The molecule has 5 heteroatoms. The largest absolute Gasteiger partial charge is 0.393 e. The van der Waals surface area contributed by atoms with Crippen molar-refractivity contribution < 1.29 is 18.3 Å². The first-order valence-electron chi connectivity index (χ1n) is 5.94. The van der Waals surface area contributed by atoms with E-state index in [4.69, 9.17) is 0 Å². The second kappa shape index (κ2) is 6.75. The minimum atomic E-state index is -1.45. The van der Waals surface area contributed by atoms with Crippen LogP contribution in [0, 0.1) is 23.4 Å². The molecule has 1 aromatic rings. The van der Waals surface area contributed by atoms with Crippen LogP contribution in [0.5, 0.6) is 0 Å². The highest BCUT2D eigenvalue weighted by atomic mass is 19.2. The lowest BCUT2D eigenvalue weighted by Gasteiger charge is -2.14. The summed E-state index contributed by atoms with van der Waals surface area (Å²) in [4.78, 5) is 0. The molecule has 0 aromatic heterocycles. The predicted molar refractivity (Wildman–Crippen MR) is 63.5 cm³/mol. The summed E-state index contributed by atoms with van der Waals surface area (Å²) in [5, 5.41) is 12.5. The number of hydrogen-bond donors (Lipinski definition) is 2. The van der Waals surface area contributed by atoms with E-state index in [1.807, 2.05) is 13.8 Å². The van der Waals surface area contributed by atoms with Crippen molar-refractivity contribution in [3.05, 3.63) is 35.1 Å². The van der Waals surface area contributed by atoms with Gasteiger partial charge in [-0.15, -0.1) is 0 Å². The van der Waals surface area contributed by atoms with Gasteiger partial charge in [0.1, 0.15) is 0 Å². The average molecular weight is 261 g/mol. The van der Waals surface area contributed by atoms with Gasteiger partial charge < -0.3 is 10.4 Å². The Morgan fingerprint density at radius 2 is 1.72 bits per heavy atom. The van der Waals surface area contributed by atoms with Gasteiger partial charge >= 0.3 is 0 Å². The number of aliphatic hydroxyl groups is 1. The van der Waals surface area contributed by atoms with Crippen LogP contribution in [0.4, 0.5) is 13.2 Å². The van der Waals surface area contributed by atoms with Gasteiger partial charge in [-0.3, -0.25) is 0 Å². The van der Waals surface area contributed by atoms with Crippen molar-refractivity contribution in [2.24, 2.45) is 5.92 Å². The molecule has 18 heavy (non-hydrogen) atoms. The number of nitrogens with one attached hydrogen (secondary N) is 1. The zero-order valence-electron chi connectivity index (χ0n) is 10.5. The zero-order chi connectivity index (χ0) is 13.7. The van der Waals surface area contributed by atoms with E-state index in [9.17, 15) is 18.3 Å². The van der Waals surface area contributed by atoms with E-state index in [0.29, 0.717) is 18.5 Å². The topological polar surface area (TPSA) is 32.3 Å². The maximum Gasteiger partial charge on any atom is 0.194 e. The number of halogens is 3. The third kappa shape index (κ3) is 4.31. The van der Waals surface area contributed by atoms with Crippen LogP contribution < -0.4 is 5.32 Å². The fraction of sp³-hybridized carbons (Fsp3) is 0.538. The smallest absolute Gasteiger partial charge is 0.194 e. The molecule has 0 bridgehead atoms. The minimum Gasteiger partial charge on any atom is -0.393 e. The Balaban J connectivity index is 2.40. The number of aliphatic hydroxyl groups excluding tert-OH is 1. The SMILES string of the molecule is CC(C)C(O)CCNCc1cc(F)c(F)c(F)c1. The fourth-order valence-corrected chi connectivity index (χ4v) is 1.53. The molecule has 1 aromatic carbocycles. The van der Waals surface area contributed by atoms with Gasteiger partial charge in [0.05, 0.1) is 6.10 Å². The number of benzene rings is 1. The Morgan fingerprint density at radius 3 is 2.22 bits per heavy atom. The maximum absolute atomic E-state index is 12.9. The highest BCUT2D eigenvalue weighted by Crippen LogP contribution is 2.13. The fourth-order valence-electron chi connectivity index (χ4n) is 1.53. The Bertz CT molecular complexity index is 373. The van der Waals surface area contributed by atoms with E-state index < -0.39 is 23.6 Å². The van der Waals surface area contributed by atoms with Crippen LogP contribution in [0.25, 0.3) is 0 Å². The summed E-state index contributed by atoms with van der Waals surface area (Å²) in [5.41, 5.74) is 0.338. The van der Waals surface area contributed by atoms with E-state index in [2.05, 4.69) is 5.32 Å². The summed E-state index contributed by atoms with van der Waals surface area (Å²) in [6.45, 7) is 4.59. The molecule has 0 saturated carbocycles. The summed E-state index contributed by atoms with van der Waals surface area (Å²) < 4.78 is 38.5. The van der Waals surface area contributed by atoms with E-state index in [1.165, 1.54) is 0 Å². The molecule has 0 heterocycles. The Labute approximate surface area is 105 Å². The molecule has 0 radical (unpaired) electrons. The first-order valence-corrected chi connectivity index (χ1v) is 5.94. The summed E-state index contributed by atoms with van der Waals surface area (Å²) in [6.07, 6.45) is 0.156. The Kier molecular flexibility index (Phi) is 5.62. The maximum atomic E-state index is 12.9. The van der Waals surface area contributed by atoms with E-state index in [1.54, 1.807) is 0 Å². The molecule has 0 fully saturated rings. The molecule has 0 aliphatic carbocycles. The number of rotatable bonds is 6. The van der Waals surface area contributed by atoms with E-state index in [0.717, 1.165) is 12.1 Å². The van der Waals surface area contributed by atoms with Crippen molar-refractivity contribution in [3.63, 3.8) is 0 Å². The summed E-state index contributed by atoms with van der Waals surface area (Å²) in [5.74, 6) is -3.65. The second-order valence-corrected chi connectivity index (χ2v) is 4.65. The highest BCUT2D eigenvalue weighted by Gasteiger charge is 2.11. The summed E-state index contributed by atoms with van der Waals surface area (Å²) in [6, 6.07) is 1.93. The van der Waals surface area contributed by atoms with Crippen LogP contribution in [0.15, 0.2) is 12.1 Å². The van der Waals surface area contributed by atoms with Crippen LogP contribution in [-0.2, 0) is 6.54 Å². The van der Waals surface area contributed by atoms with Crippen molar-refractivity contribution in [2.75, 3.05) is 6.54 Å². The molecule has 0 amide bonds. The van der Waals surface area contributed by atoms with Gasteiger partial charge in [-0.2, -0.15) is 0 Å². The zero-order valence-corrected chi connectivity index (χ0v) is 10.5. The lowest BCUT2D eigenvalue weighted by Crippen LogP contribution is -2.23. The molecule has 1 rings (SSSR count). The Hall–Kier alpha value is -1.07. The van der Waals surface area contributed by atoms with Crippen molar-refractivity contribution in [3.8, 4) is 0 Å². The van der Waals surface area contributed by atoms with E-state index >= 15 is 0 Å². The van der Waals surface area contributed by atoms with Gasteiger partial charge in [0.15, 0.2) is 17.5 Å². The second-order valence-electron chi connectivity index (χ2n) is 4.65. The standard InChI is InChI=1S/C13H18F3NO/c1-8(2)12(18)3-4-17-7-9-5-10(14)13(16)11(15)6-9/h5-6,8,12,17-18H,3-4,7H2,1-2H3. The minimum absolute atomic E-state index is 0.174. The molecule has 0 aliphatic rings. The van der Waals surface area contributed by atoms with Crippen molar-refractivity contribution in [1.82, 2.24) is 5.32 Å². The van der Waals surface area contributed by atoms with Crippen molar-refractivity contribution in [1.29, 1.82) is 0 Å². The molecular weight excluding hydrogens is 243 g/mol. The van der Waals surface area contributed by atoms with Gasteiger partial charge in [0.2, 0.25) is 0 Å².